The highest BCUT2D eigenvalue weighted by Gasteiger charge is 2.22. The zero-order chi connectivity index (χ0) is 17.8. The molecule has 2 amide bonds. The summed E-state index contributed by atoms with van der Waals surface area (Å²) < 4.78 is 0. The number of aromatic hydroxyl groups is 1. The SMILES string of the molecule is Cc1nc(CCNC(=O)N2CCN(c3cc(Cl)ccc3O)CC2)cs1. The van der Waals surface area contributed by atoms with Crippen molar-refractivity contribution in [3.8, 4) is 5.75 Å². The Kier molecular flexibility index (Phi) is 5.65. The monoisotopic (exact) mass is 380 g/mol. The number of piperazine rings is 1. The van der Waals surface area contributed by atoms with E-state index in [2.05, 4.69) is 10.3 Å². The Balaban J connectivity index is 1.46. The lowest BCUT2D eigenvalue weighted by Gasteiger charge is -2.36. The number of benzene rings is 1. The molecule has 3 rings (SSSR count). The summed E-state index contributed by atoms with van der Waals surface area (Å²) in [6, 6.07) is 4.95. The maximum absolute atomic E-state index is 12.3. The molecular weight excluding hydrogens is 360 g/mol. The summed E-state index contributed by atoms with van der Waals surface area (Å²) >= 11 is 7.63. The van der Waals surface area contributed by atoms with Crippen molar-refractivity contribution in [1.82, 2.24) is 15.2 Å². The van der Waals surface area contributed by atoms with E-state index in [9.17, 15) is 9.90 Å². The van der Waals surface area contributed by atoms with Crippen molar-refractivity contribution in [2.45, 2.75) is 13.3 Å². The molecule has 2 aromatic rings. The molecule has 0 aliphatic carbocycles. The van der Waals surface area contributed by atoms with E-state index in [0.29, 0.717) is 43.4 Å². The fourth-order valence-electron chi connectivity index (χ4n) is 2.83. The molecule has 2 heterocycles. The van der Waals surface area contributed by atoms with Crippen LogP contribution >= 0.6 is 22.9 Å². The third kappa shape index (κ3) is 4.55. The highest BCUT2D eigenvalue weighted by atomic mass is 35.5. The van der Waals surface area contributed by atoms with E-state index in [1.54, 1.807) is 34.4 Å². The first-order valence-electron chi connectivity index (χ1n) is 8.20. The number of nitrogens with zero attached hydrogens (tertiary/aromatic N) is 3. The van der Waals surface area contributed by atoms with Gasteiger partial charge in [0.2, 0.25) is 0 Å². The first kappa shape index (κ1) is 17.8. The third-order valence-electron chi connectivity index (χ3n) is 4.17. The van der Waals surface area contributed by atoms with E-state index < -0.39 is 0 Å². The molecule has 6 nitrogen and oxygen atoms in total. The van der Waals surface area contributed by atoms with Gasteiger partial charge in [-0.2, -0.15) is 0 Å². The summed E-state index contributed by atoms with van der Waals surface area (Å²) in [4.78, 5) is 20.5. The van der Waals surface area contributed by atoms with Crippen molar-refractivity contribution in [3.05, 3.63) is 39.3 Å². The molecule has 1 saturated heterocycles. The van der Waals surface area contributed by atoms with Gasteiger partial charge >= 0.3 is 6.03 Å². The van der Waals surface area contributed by atoms with Crippen LogP contribution in [0.4, 0.5) is 10.5 Å². The van der Waals surface area contributed by atoms with E-state index >= 15 is 0 Å². The molecule has 134 valence electrons. The number of carbonyl (C=O) groups is 1. The lowest BCUT2D eigenvalue weighted by molar-refractivity contribution is 0.194. The number of hydrogen-bond donors (Lipinski definition) is 2. The van der Waals surface area contributed by atoms with Gasteiger partial charge in [0.05, 0.1) is 16.4 Å². The molecule has 0 spiro atoms. The predicted octanol–water partition coefficient (Wildman–Crippen LogP) is 2.88. The van der Waals surface area contributed by atoms with E-state index in [-0.39, 0.29) is 11.8 Å². The largest absolute Gasteiger partial charge is 0.506 e. The minimum atomic E-state index is -0.0538. The van der Waals surface area contributed by atoms with Gasteiger partial charge in [0.25, 0.3) is 0 Å². The zero-order valence-corrected chi connectivity index (χ0v) is 15.6. The van der Waals surface area contributed by atoms with Crippen LogP contribution in [0.15, 0.2) is 23.6 Å². The summed E-state index contributed by atoms with van der Waals surface area (Å²) in [7, 11) is 0. The molecule has 0 bridgehead atoms. The maximum Gasteiger partial charge on any atom is 0.317 e. The van der Waals surface area contributed by atoms with Crippen LogP contribution < -0.4 is 10.2 Å². The average molecular weight is 381 g/mol. The Morgan fingerprint density at radius 3 is 2.80 bits per heavy atom. The number of rotatable bonds is 4. The number of thiazole rings is 1. The Hall–Kier alpha value is -1.99. The van der Waals surface area contributed by atoms with Crippen molar-refractivity contribution in [3.63, 3.8) is 0 Å². The Labute approximate surface area is 156 Å². The lowest BCUT2D eigenvalue weighted by Crippen LogP contribution is -2.52. The number of carbonyl (C=O) groups excluding carboxylic acids is 1. The van der Waals surface area contributed by atoms with Crippen LogP contribution in [0, 0.1) is 6.92 Å². The quantitative estimate of drug-likeness (QED) is 0.855. The number of phenols is 1. The fraction of sp³-hybridized carbons (Fsp3) is 0.412. The van der Waals surface area contributed by atoms with E-state index in [1.165, 1.54) is 0 Å². The highest BCUT2D eigenvalue weighted by Crippen LogP contribution is 2.30. The number of amides is 2. The maximum atomic E-state index is 12.3. The minimum absolute atomic E-state index is 0.0538. The van der Waals surface area contributed by atoms with Crippen LogP contribution in [0.2, 0.25) is 5.02 Å². The lowest BCUT2D eigenvalue weighted by atomic mass is 10.2. The summed E-state index contributed by atoms with van der Waals surface area (Å²) in [6.45, 7) is 5.08. The molecule has 1 aliphatic heterocycles. The Morgan fingerprint density at radius 1 is 1.36 bits per heavy atom. The van der Waals surface area contributed by atoms with Gasteiger partial charge in [-0.25, -0.2) is 9.78 Å². The summed E-state index contributed by atoms with van der Waals surface area (Å²) in [5.41, 5.74) is 1.73. The molecule has 1 fully saturated rings. The molecule has 25 heavy (non-hydrogen) atoms. The number of aromatic nitrogens is 1. The number of nitrogens with one attached hydrogen (secondary N) is 1. The number of halogens is 1. The van der Waals surface area contributed by atoms with Crippen molar-refractivity contribution in [1.29, 1.82) is 0 Å². The number of aryl methyl sites for hydroxylation is 1. The number of hydrogen-bond acceptors (Lipinski definition) is 5. The average Bonchev–Trinajstić information content (AvgIpc) is 3.02. The van der Waals surface area contributed by atoms with Crippen LogP contribution in [-0.4, -0.2) is 53.7 Å². The Morgan fingerprint density at radius 2 is 2.12 bits per heavy atom. The smallest absolute Gasteiger partial charge is 0.317 e. The molecular formula is C17H21ClN4O2S. The summed E-state index contributed by atoms with van der Waals surface area (Å²) in [5.74, 6) is 0.209. The number of anilines is 1. The van der Waals surface area contributed by atoms with Crippen molar-refractivity contribution in [2.24, 2.45) is 0 Å². The molecule has 0 saturated carbocycles. The first-order valence-corrected chi connectivity index (χ1v) is 9.46. The molecule has 1 aliphatic rings. The van der Waals surface area contributed by atoms with Gasteiger partial charge < -0.3 is 20.2 Å². The minimum Gasteiger partial charge on any atom is -0.506 e. The zero-order valence-electron chi connectivity index (χ0n) is 14.0. The summed E-state index contributed by atoms with van der Waals surface area (Å²) in [5, 5.41) is 16.6. The van der Waals surface area contributed by atoms with Crippen LogP contribution in [0.3, 0.4) is 0 Å². The van der Waals surface area contributed by atoms with Crippen LogP contribution in [0.1, 0.15) is 10.7 Å². The van der Waals surface area contributed by atoms with Crippen molar-refractivity contribution >= 4 is 34.7 Å². The molecule has 1 aromatic heterocycles. The third-order valence-corrected chi connectivity index (χ3v) is 5.23. The molecule has 0 radical (unpaired) electrons. The van der Waals surface area contributed by atoms with Gasteiger partial charge in [-0.05, 0) is 25.1 Å². The van der Waals surface area contributed by atoms with Crippen LogP contribution in [0.5, 0.6) is 5.75 Å². The van der Waals surface area contributed by atoms with Gasteiger partial charge in [0.1, 0.15) is 5.75 Å². The standard InChI is InChI=1S/C17H21ClN4O2S/c1-12-20-14(11-25-12)4-5-19-17(24)22-8-6-21(7-9-22)15-10-13(18)2-3-16(15)23/h2-3,10-11,23H,4-9H2,1H3,(H,19,24). The number of phenolic OH excluding ortho intramolecular Hbond substituents is 1. The van der Waals surface area contributed by atoms with E-state index in [0.717, 1.165) is 17.1 Å². The second kappa shape index (κ2) is 7.93. The van der Waals surface area contributed by atoms with Crippen molar-refractivity contribution in [2.75, 3.05) is 37.6 Å². The van der Waals surface area contributed by atoms with Gasteiger partial charge in [-0.15, -0.1) is 11.3 Å². The van der Waals surface area contributed by atoms with E-state index in [4.69, 9.17) is 11.6 Å². The first-order chi connectivity index (χ1) is 12.0. The van der Waals surface area contributed by atoms with Crippen LogP contribution in [0.25, 0.3) is 0 Å². The highest BCUT2D eigenvalue weighted by molar-refractivity contribution is 7.09. The van der Waals surface area contributed by atoms with Crippen LogP contribution in [-0.2, 0) is 6.42 Å². The van der Waals surface area contributed by atoms with Gasteiger partial charge in [0, 0.05) is 49.5 Å². The van der Waals surface area contributed by atoms with Crippen molar-refractivity contribution < 1.29 is 9.90 Å². The fourth-order valence-corrected chi connectivity index (χ4v) is 3.65. The molecule has 0 atom stereocenters. The second-order valence-corrected chi connectivity index (χ2v) is 7.45. The summed E-state index contributed by atoms with van der Waals surface area (Å²) in [6.07, 6.45) is 0.742. The second-order valence-electron chi connectivity index (χ2n) is 5.95. The van der Waals surface area contributed by atoms with Gasteiger partial charge in [-0.1, -0.05) is 11.6 Å². The molecule has 8 heteroatoms. The Bertz CT molecular complexity index is 744. The predicted molar refractivity (Wildman–Crippen MR) is 101 cm³/mol. The molecule has 0 unspecified atom stereocenters. The van der Waals surface area contributed by atoms with Gasteiger partial charge in [0.15, 0.2) is 0 Å². The molecule has 1 aromatic carbocycles. The topological polar surface area (TPSA) is 68.7 Å². The molecule has 2 N–H and O–H groups in total. The normalized spacial score (nSPS) is 14.6. The number of urea groups is 1. The van der Waals surface area contributed by atoms with E-state index in [1.807, 2.05) is 17.2 Å². The van der Waals surface area contributed by atoms with Gasteiger partial charge in [-0.3, -0.25) is 0 Å².